The first-order chi connectivity index (χ1) is 18.4. The SMILES string of the molecule is CN=Cc1cc(-c2oc3c(C(C)Nc4ccccc4C(=O)OC(C)(C)C)cc(F)cc3c(=O)c2C)ccc1N.[HH]. The summed E-state index contributed by atoms with van der Waals surface area (Å²) in [5.74, 6) is -0.700. The van der Waals surface area contributed by atoms with Gasteiger partial charge in [-0.25, -0.2) is 9.18 Å². The van der Waals surface area contributed by atoms with Gasteiger partial charge >= 0.3 is 5.97 Å². The van der Waals surface area contributed by atoms with Crippen LogP contribution in [0.2, 0.25) is 0 Å². The second-order valence-electron chi connectivity index (χ2n) is 10.4. The summed E-state index contributed by atoms with van der Waals surface area (Å²) in [5.41, 5.74) is 8.79. The summed E-state index contributed by atoms with van der Waals surface area (Å²) in [6.07, 6.45) is 1.63. The number of ether oxygens (including phenoxy) is 1. The molecule has 0 aliphatic heterocycles. The van der Waals surface area contributed by atoms with Crippen LogP contribution in [0.4, 0.5) is 15.8 Å². The third kappa shape index (κ3) is 5.85. The van der Waals surface area contributed by atoms with Gasteiger partial charge in [0, 0.05) is 48.3 Å². The molecule has 7 nitrogen and oxygen atoms in total. The number of carbonyl (C=O) groups excluding carboxylic acids is 1. The number of aliphatic imine (C=N–C) groups is 1. The van der Waals surface area contributed by atoms with E-state index >= 15 is 0 Å². The van der Waals surface area contributed by atoms with Crippen LogP contribution in [0.25, 0.3) is 22.3 Å². The average Bonchev–Trinajstić information content (AvgIpc) is 2.87. The van der Waals surface area contributed by atoms with Gasteiger partial charge in [0.05, 0.1) is 17.0 Å². The van der Waals surface area contributed by atoms with E-state index in [1.807, 2.05) is 0 Å². The van der Waals surface area contributed by atoms with Crippen molar-refractivity contribution in [2.45, 2.75) is 46.3 Å². The van der Waals surface area contributed by atoms with Crippen molar-refractivity contribution in [3.63, 3.8) is 0 Å². The molecule has 0 fully saturated rings. The van der Waals surface area contributed by atoms with Gasteiger partial charge in [-0.1, -0.05) is 12.1 Å². The first kappa shape index (κ1) is 27.6. The van der Waals surface area contributed by atoms with Gasteiger partial charge in [0.1, 0.15) is 22.8 Å². The molecule has 0 aliphatic carbocycles. The van der Waals surface area contributed by atoms with E-state index in [0.717, 1.165) is 0 Å². The number of fused-ring (bicyclic) bond motifs is 1. The standard InChI is InChI=1S/C31H32FN3O4.H2/c1-17-27(36)24-15-21(32)14-23(29(24)38-28(17)19-11-12-25(33)20(13-19)16-34-6)18(2)35-26-10-8-7-9-22(26)30(37)39-31(3,4)5;/h7-16,18,35H,33H2,1-6H3;1H. The number of nitrogens with zero attached hydrogens (tertiary/aromatic N) is 1. The Balaban J connectivity index is 0.00000441. The molecule has 1 atom stereocenters. The van der Waals surface area contributed by atoms with Crippen LogP contribution >= 0.6 is 0 Å². The highest BCUT2D eigenvalue weighted by molar-refractivity contribution is 5.96. The largest absolute Gasteiger partial charge is 0.456 e. The summed E-state index contributed by atoms with van der Waals surface area (Å²) in [7, 11) is 1.64. The van der Waals surface area contributed by atoms with Crippen LogP contribution in [0.1, 0.15) is 62.2 Å². The topological polar surface area (TPSA) is 107 Å². The maximum Gasteiger partial charge on any atom is 0.340 e. The average molecular weight is 532 g/mol. The second kappa shape index (κ2) is 10.7. The molecule has 0 saturated carbocycles. The maximum atomic E-state index is 14.8. The number of hydrogen-bond donors (Lipinski definition) is 2. The normalized spacial score (nSPS) is 12.6. The van der Waals surface area contributed by atoms with Gasteiger partial charge in [0.25, 0.3) is 0 Å². The van der Waals surface area contributed by atoms with Crippen molar-refractivity contribution in [2.75, 3.05) is 18.1 Å². The first-order valence-corrected chi connectivity index (χ1v) is 12.6. The van der Waals surface area contributed by atoms with Crippen LogP contribution in [0.3, 0.4) is 0 Å². The lowest BCUT2D eigenvalue weighted by Gasteiger charge is -2.22. The van der Waals surface area contributed by atoms with Gasteiger partial charge in [-0.15, -0.1) is 0 Å². The van der Waals surface area contributed by atoms with Gasteiger partial charge in [-0.2, -0.15) is 0 Å². The van der Waals surface area contributed by atoms with Crippen LogP contribution in [0, 0.1) is 12.7 Å². The van der Waals surface area contributed by atoms with Gasteiger partial charge in [-0.3, -0.25) is 9.79 Å². The zero-order valence-corrected chi connectivity index (χ0v) is 22.9. The van der Waals surface area contributed by atoms with Crippen molar-refractivity contribution in [3.8, 4) is 11.3 Å². The molecular weight excluding hydrogens is 497 g/mol. The Morgan fingerprint density at radius 1 is 1.18 bits per heavy atom. The molecule has 3 aromatic carbocycles. The molecule has 1 heterocycles. The van der Waals surface area contributed by atoms with E-state index in [1.165, 1.54) is 12.1 Å². The Morgan fingerprint density at radius 3 is 2.59 bits per heavy atom. The van der Waals surface area contributed by atoms with E-state index < -0.39 is 23.4 Å². The maximum absolute atomic E-state index is 14.8. The zero-order valence-electron chi connectivity index (χ0n) is 22.9. The fraction of sp³-hybridized carbons (Fsp3) is 0.258. The number of nitrogens with two attached hydrogens (primary N) is 1. The number of halogens is 1. The molecule has 4 rings (SSSR count). The number of rotatable bonds is 6. The Hall–Kier alpha value is -4.46. The monoisotopic (exact) mass is 531 g/mol. The zero-order chi connectivity index (χ0) is 28.5. The number of anilines is 2. The van der Waals surface area contributed by atoms with Crippen LogP contribution in [-0.2, 0) is 4.74 Å². The van der Waals surface area contributed by atoms with Crippen molar-refractivity contribution >= 4 is 34.5 Å². The second-order valence-corrected chi connectivity index (χ2v) is 10.4. The minimum Gasteiger partial charge on any atom is -0.456 e. The van der Waals surface area contributed by atoms with Crippen molar-refractivity contribution in [3.05, 3.63) is 92.9 Å². The molecule has 0 radical (unpaired) electrons. The quantitative estimate of drug-likeness (QED) is 0.159. The van der Waals surface area contributed by atoms with E-state index in [2.05, 4.69) is 10.3 Å². The molecule has 204 valence electrons. The lowest BCUT2D eigenvalue weighted by molar-refractivity contribution is 0.00706. The summed E-state index contributed by atoms with van der Waals surface area (Å²) >= 11 is 0. The van der Waals surface area contributed by atoms with Gasteiger partial charge in [0.2, 0.25) is 0 Å². The van der Waals surface area contributed by atoms with E-state index in [4.69, 9.17) is 14.9 Å². The Bertz CT molecular complexity index is 1660. The molecular formula is C31H34FN3O4. The summed E-state index contributed by atoms with van der Waals surface area (Å²) < 4.78 is 26.7. The number of nitrogen functional groups attached to an aromatic ring is 1. The van der Waals surface area contributed by atoms with Crippen molar-refractivity contribution < 1.29 is 19.8 Å². The molecule has 1 unspecified atom stereocenters. The summed E-state index contributed by atoms with van der Waals surface area (Å²) in [6.45, 7) is 8.84. The first-order valence-electron chi connectivity index (χ1n) is 12.6. The third-order valence-electron chi connectivity index (χ3n) is 6.21. The fourth-order valence-corrected chi connectivity index (χ4v) is 4.38. The highest BCUT2D eigenvalue weighted by Gasteiger charge is 2.23. The van der Waals surface area contributed by atoms with Crippen molar-refractivity contribution in [1.82, 2.24) is 0 Å². The summed E-state index contributed by atoms with van der Waals surface area (Å²) in [5, 5.41) is 3.41. The smallest absolute Gasteiger partial charge is 0.340 e. The number of para-hydroxylation sites is 1. The minimum absolute atomic E-state index is 0. The van der Waals surface area contributed by atoms with Crippen LogP contribution in [0.15, 0.2) is 68.8 Å². The number of nitrogens with one attached hydrogen (secondary N) is 1. The molecule has 8 heteroatoms. The van der Waals surface area contributed by atoms with Crippen LogP contribution in [-0.4, -0.2) is 24.8 Å². The third-order valence-corrected chi connectivity index (χ3v) is 6.21. The van der Waals surface area contributed by atoms with Crippen LogP contribution < -0.4 is 16.5 Å². The molecule has 0 saturated heterocycles. The lowest BCUT2D eigenvalue weighted by atomic mass is 9.99. The molecule has 1 aromatic heterocycles. The lowest BCUT2D eigenvalue weighted by Crippen LogP contribution is -2.24. The van der Waals surface area contributed by atoms with E-state index in [0.29, 0.717) is 45.0 Å². The van der Waals surface area contributed by atoms with Gasteiger partial charge in [0.15, 0.2) is 5.43 Å². The molecule has 3 N–H and O–H groups in total. The highest BCUT2D eigenvalue weighted by atomic mass is 19.1. The Kier molecular flexibility index (Phi) is 7.58. The van der Waals surface area contributed by atoms with Crippen molar-refractivity contribution in [2.24, 2.45) is 4.99 Å². The highest BCUT2D eigenvalue weighted by Crippen LogP contribution is 2.33. The van der Waals surface area contributed by atoms with E-state index in [9.17, 15) is 14.0 Å². The molecule has 4 aromatic rings. The predicted octanol–water partition coefficient (Wildman–Crippen LogP) is 6.91. The van der Waals surface area contributed by atoms with Gasteiger partial charge < -0.3 is 20.2 Å². The number of esters is 1. The Morgan fingerprint density at radius 2 is 1.90 bits per heavy atom. The summed E-state index contributed by atoms with van der Waals surface area (Å²) in [6, 6.07) is 14.2. The molecule has 0 spiro atoms. The van der Waals surface area contributed by atoms with E-state index in [1.54, 1.807) is 90.3 Å². The van der Waals surface area contributed by atoms with Crippen molar-refractivity contribution in [1.29, 1.82) is 0 Å². The molecule has 0 amide bonds. The number of hydrogen-bond acceptors (Lipinski definition) is 7. The van der Waals surface area contributed by atoms with Gasteiger partial charge in [-0.05, 0) is 77.1 Å². The molecule has 0 bridgehead atoms. The predicted molar refractivity (Wildman–Crippen MR) is 156 cm³/mol. The van der Waals surface area contributed by atoms with Crippen LogP contribution in [0.5, 0.6) is 0 Å². The number of benzene rings is 3. The minimum atomic E-state index is -0.669. The fourth-order valence-electron chi connectivity index (χ4n) is 4.38. The summed E-state index contributed by atoms with van der Waals surface area (Å²) in [4.78, 5) is 30.3. The molecule has 39 heavy (non-hydrogen) atoms. The Labute approximate surface area is 228 Å². The van der Waals surface area contributed by atoms with E-state index in [-0.39, 0.29) is 17.8 Å². The molecule has 0 aliphatic rings. The number of carbonyl (C=O) groups is 1.